The summed E-state index contributed by atoms with van der Waals surface area (Å²) >= 11 is 3.76. The molecule has 46 heavy (non-hydrogen) atoms. The minimum atomic E-state index is 0.992. The molecular weight excluding hydrogens is 599 g/mol. The third kappa shape index (κ3) is 3.28. The summed E-state index contributed by atoms with van der Waals surface area (Å²) in [7, 11) is 0. The molecule has 11 aromatic rings. The van der Waals surface area contributed by atoms with Crippen molar-refractivity contribution in [3.8, 4) is 16.9 Å². The molecule has 0 spiro atoms. The van der Waals surface area contributed by atoms with Crippen molar-refractivity contribution in [3.05, 3.63) is 140 Å². The quantitative estimate of drug-likeness (QED) is 0.188. The van der Waals surface area contributed by atoms with E-state index in [1.807, 2.05) is 22.7 Å². The Bertz CT molecular complexity index is 3030. The molecule has 5 aromatic heterocycles. The monoisotopic (exact) mass is 621 g/mol. The highest BCUT2D eigenvalue weighted by Gasteiger charge is 2.20. The third-order valence-corrected chi connectivity index (χ3v) is 11.8. The maximum absolute atomic E-state index is 5.22. The zero-order valence-corrected chi connectivity index (χ0v) is 26.1. The van der Waals surface area contributed by atoms with Crippen LogP contribution in [-0.2, 0) is 0 Å². The molecule has 0 bridgehead atoms. The van der Waals surface area contributed by atoms with Crippen LogP contribution in [0.4, 0.5) is 0 Å². The van der Waals surface area contributed by atoms with Crippen molar-refractivity contribution in [2.75, 3.05) is 0 Å². The number of rotatable bonds is 2. The molecule has 0 aliphatic heterocycles. The van der Waals surface area contributed by atoms with Gasteiger partial charge in [-0.2, -0.15) is 0 Å². The van der Waals surface area contributed by atoms with E-state index in [2.05, 4.69) is 148 Å². The summed E-state index contributed by atoms with van der Waals surface area (Å²) < 4.78 is 8.82. The van der Waals surface area contributed by atoms with Gasteiger partial charge in [-0.05, 0) is 60.7 Å². The van der Waals surface area contributed by atoms with E-state index in [1.54, 1.807) is 0 Å². The second-order valence-corrected chi connectivity index (χ2v) is 14.1. The van der Waals surface area contributed by atoms with Crippen LogP contribution in [0.5, 0.6) is 0 Å². The van der Waals surface area contributed by atoms with Crippen LogP contribution in [0.25, 0.3) is 95.8 Å². The molecular formula is C41H23N3S2. The van der Waals surface area contributed by atoms with Crippen LogP contribution in [-0.4, -0.2) is 14.0 Å². The number of thiophene rings is 2. The average Bonchev–Trinajstić information content (AvgIpc) is 3.85. The first-order valence-electron chi connectivity index (χ1n) is 15.5. The van der Waals surface area contributed by atoms with Crippen LogP contribution in [0.1, 0.15) is 0 Å². The van der Waals surface area contributed by atoms with Gasteiger partial charge in [0.2, 0.25) is 0 Å². The third-order valence-electron chi connectivity index (χ3n) is 9.49. The highest BCUT2D eigenvalue weighted by Crippen LogP contribution is 2.46. The maximum atomic E-state index is 5.22. The first kappa shape index (κ1) is 24.8. The molecule has 5 heteroatoms. The molecule has 0 saturated heterocycles. The first-order chi connectivity index (χ1) is 22.8. The van der Waals surface area contributed by atoms with Crippen molar-refractivity contribution in [1.82, 2.24) is 14.0 Å². The van der Waals surface area contributed by atoms with Crippen LogP contribution >= 0.6 is 22.7 Å². The van der Waals surface area contributed by atoms with E-state index in [0.29, 0.717) is 0 Å². The molecule has 0 aliphatic carbocycles. The Hall–Kier alpha value is -5.49. The highest BCUT2D eigenvalue weighted by atomic mass is 32.1. The fraction of sp³-hybridized carbons (Fsp3) is 0. The standard InChI is InChI=1S/C41H23N3S2/c1-5-13-32-25(9-1)21-35-40(42-31-12-4-6-14-33(31)44(32)35)24-17-19-26(20-18-24)43-34-22-29-27-10-2-7-15-36(27)45-38(29)23-30(34)39-28-11-3-8-16-37(28)46-41(39)43/h1-23H. The van der Waals surface area contributed by atoms with Crippen molar-refractivity contribution in [1.29, 1.82) is 0 Å². The number of benzene rings is 6. The Kier molecular flexibility index (Phi) is 4.87. The lowest BCUT2D eigenvalue weighted by molar-refractivity contribution is 1.19. The molecule has 0 radical (unpaired) electrons. The molecule has 11 rings (SSSR count). The Morgan fingerprint density at radius 3 is 2.07 bits per heavy atom. The summed E-state index contributed by atoms with van der Waals surface area (Å²) in [4.78, 5) is 6.51. The van der Waals surface area contributed by atoms with Crippen LogP contribution in [0, 0.1) is 0 Å². The summed E-state index contributed by atoms with van der Waals surface area (Å²) in [6, 6.07) is 50.8. The second kappa shape index (κ2) is 9.04. The number of fused-ring (bicyclic) bond motifs is 13. The molecule has 0 amide bonds. The second-order valence-electron chi connectivity index (χ2n) is 12.0. The molecule has 0 saturated carbocycles. The number of para-hydroxylation sites is 3. The SMILES string of the molecule is c1ccc2c(c1)cc1c(-c3ccc(-n4c5cc6c(cc5c5c7ccccc7sc54)sc4ccccc46)cc3)nc3ccccc3n12. The van der Waals surface area contributed by atoms with E-state index >= 15 is 0 Å². The molecule has 0 aliphatic rings. The average molecular weight is 622 g/mol. The molecule has 0 fully saturated rings. The minimum Gasteiger partial charge on any atom is -0.306 e. The van der Waals surface area contributed by atoms with E-state index in [0.717, 1.165) is 33.5 Å². The van der Waals surface area contributed by atoms with E-state index in [4.69, 9.17) is 4.98 Å². The van der Waals surface area contributed by atoms with Gasteiger partial charge >= 0.3 is 0 Å². The molecule has 0 atom stereocenters. The highest BCUT2D eigenvalue weighted by molar-refractivity contribution is 7.26. The number of hydrogen-bond donors (Lipinski definition) is 0. The van der Waals surface area contributed by atoms with Gasteiger partial charge in [-0.15, -0.1) is 22.7 Å². The first-order valence-corrected chi connectivity index (χ1v) is 17.1. The van der Waals surface area contributed by atoms with Crippen molar-refractivity contribution in [3.63, 3.8) is 0 Å². The molecule has 5 heterocycles. The lowest BCUT2D eigenvalue weighted by Crippen LogP contribution is -1.96. The number of nitrogens with zero attached hydrogens (tertiary/aromatic N) is 3. The fourth-order valence-corrected chi connectivity index (χ4v) is 9.84. The van der Waals surface area contributed by atoms with Crippen molar-refractivity contribution < 1.29 is 0 Å². The van der Waals surface area contributed by atoms with Crippen LogP contribution in [0.3, 0.4) is 0 Å². The summed E-state index contributed by atoms with van der Waals surface area (Å²) in [6.07, 6.45) is 0. The Balaban J connectivity index is 1.18. The van der Waals surface area contributed by atoms with Gasteiger partial charge in [-0.1, -0.05) is 78.9 Å². The van der Waals surface area contributed by atoms with Gasteiger partial charge in [0.1, 0.15) is 4.83 Å². The van der Waals surface area contributed by atoms with Crippen LogP contribution < -0.4 is 0 Å². The summed E-state index contributed by atoms with van der Waals surface area (Å²) in [5.74, 6) is 0. The predicted octanol–water partition coefficient (Wildman–Crippen LogP) is 12.0. The zero-order chi connectivity index (χ0) is 29.9. The largest absolute Gasteiger partial charge is 0.306 e. The maximum Gasteiger partial charge on any atom is 0.109 e. The summed E-state index contributed by atoms with van der Waals surface area (Å²) in [6.45, 7) is 0. The van der Waals surface area contributed by atoms with E-state index in [-0.39, 0.29) is 0 Å². The molecule has 3 nitrogen and oxygen atoms in total. The smallest absolute Gasteiger partial charge is 0.109 e. The number of aromatic nitrogens is 3. The van der Waals surface area contributed by atoms with Crippen molar-refractivity contribution >= 4 is 102 Å². The van der Waals surface area contributed by atoms with E-state index < -0.39 is 0 Å². The zero-order valence-electron chi connectivity index (χ0n) is 24.4. The molecule has 214 valence electrons. The lowest BCUT2D eigenvalue weighted by Gasteiger charge is -2.11. The van der Waals surface area contributed by atoms with Gasteiger partial charge in [0.15, 0.2) is 0 Å². The van der Waals surface area contributed by atoms with Gasteiger partial charge < -0.3 is 8.97 Å². The molecule has 6 aromatic carbocycles. The lowest BCUT2D eigenvalue weighted by atomic mass is 10.1. The minimum absolute atomic E-state index is 0.992. The summed E-state index contributed by atoms with van der Waals surface area (Å²) in [5, 5.41) is 7.85. The van der Waals surface area contributed by atoms with Gasteiger partial charge in [0, 0.05) is 57.7 Å². The van der Waals surface area contributed by atoms with Gasteiger partial charge in [0.05, 0.1) is 33.3 Å². The van der Waals surface area contributed by atoms with Gasteiger partial charge in [-0.3, -0.25) is 0 Å². The van der Waals surface area contributed by atoms with Gasteiger partial charge in [-0.25, -0.2) is 4.98 Å². The van der Waals surface area contributed by atoms with E-state index in [9.17, 15) is 0 Å². The Morgan fingerprint density at radius 2 is 1.20 bits per heavy atom. The number of hydrogen-bond acceptors (Lipinski definition) is 3. The Morgan fingerprint density at radius 1 is 0.478 bits per heavy atom. The van der Waals surface area contributed by atoms with Crippen molar-refractivity contribution in [2.45, 2.75) is 0 Å². The molecule has 0 N–H and O–H groups in total. The van der Waals surface area contributed by atoms with E-state index in [1.165, 1.54) is 62.3 Å². The summed E-state index contributed by atoms with van der Waals surface area (Å²) in [5.41, 5.74) is 8.95. The van der Waals surface area contributed by atoms with Gasteiger partial charge in [0.25, 0.3) is 0 Å². The van der Waals surface area contributed by atoms with Crippen LogP contribution in [0.2, 0.25) is 0 Å². The van der Waals surface area contributed by atoms with Crippen molar-refractivity contribution in [2.24, 2.45) is 0 Å². The predicted molar refractivity (Wildman–Crippen MR) is 198 cm³/mol. The molecule has 0 unspecified atom stereocenters. The Labute approximate surface area is 270 Å². The topological polar surface area (TPSA) is 22.2 Å². The van der Waals surface area contributed by atoms with Crippen LogP contribution in [0.15, 0.2) is 140 Å². The normalized spacial score (nSPS) is 12.3. The fourth-order valence-electron chi connectivity index (χ4n) is 7.46.